The number of carboxylic acids is 1. The normalized spacial score (nSPS) is 12.7. The molecule has 0 bridgehead atoms. The summed E-state index contributed by atoms with van der Waals surface area (Å²) in [6, 6.07) is 3.49. The number of hydrogen-bond acceptors (Lipinski definition) is 5. The van der Waals surface area contributed by atoms with Crippen LogP contribution in [0.1, 0.15) is 28.7 Å². The van der Waals surface area contributed by atoms with Crippen LogP contribution in [0.5, 0.6) is 11.5 Å². The van der Waals surface area contributed by atoms with Crippen molar-refractivity contribution in [2.24, 2.45) is 0 Å². The van der Waals surface area contributed by atoms with E-state index in [1.807, 2.05) is 6.92 Å². The molecule has 0 aliphatic carbocycles. The van der Waals surface area contributed by atoms with Gasteiger partial charge in [-0.1, -0.05) is 24.9 Å². The van der Waals surface area contributed by atoms with Crippen LogP contribution in [-0.2, 0) is 6.42 Å². The lowest BCUT2D eigenvalue weighted by Gasteiger charge is -2.02. The summed E-state index contributed by atoms with van der Waals surface area (Å²) in [4.78, 5) is 16.0. The van der Waals surface area contributed by atoms with Crippen molar-refractivity contribution in [3.05, 3.63) is 27.7 Å². The van der Waals surface area contributed by atoms with Crippen LogP contribution in [0.4, 0.5) is 0 Å². The number of hydrogen-bond donors (Lipinski definition) is 1. The molecule has 110 valence electrons. The Bertz CT molecular complexity index is 713. The Labute approximate surface area is 130 Å². The van der Waals surface area contributed by atoms with Gasteiger partial charge >= 0.3 is 5.97 Å². The lowest BCUT2D eigenvalue weighted by molar-refractivity contribution is 0.0700. The minimum absolute atomic E-state index is 0.137. The molecule has 1 aliphatic rings. The van der Waals surface area contributed by atoms with Crippen LogP contribution < -0.4 is 9.47 Å². The fourth-order valence-electron chi connectivity index (χ4n) is 2.14. The van der Waals surface area contributed by atoms with Crippen molar-refractivity contribution in [1.29, 1.82) is 0 Å². The highest BCUT2D eigenvalue weighted by Crippen LogP contribution is 2.43. The Hall–Kier alpha value is -1.79. The number of carboxylic acid groups (broad SMARTS) is 1. The van der Waals surface area contributed by atoms with E-state index in [1.165, 1.54) is 0 Å². The van der Waals surface area contributed by atoms with Gasteiger partial charge in [-0.25, -0.2) is 9.78 Å². The molecule has 3 rings (SSSR count). The lowest BCUT2D eigenvalue weighted by atomic mass is 10.2. The highest BCUT2D eigenvalue weighted by atomic mass is 35.5. The molecule has 1 aliphatic heterocycles. The van der Waals surface area contributed by atoms with Crippen molar-refractivity contribution in [2.75, 3.05) is 6.79 Å². The largest absolute Gasteiger partial charge is 0.477 e. The lowest BCUT2D eigenvalue weighted by Crippen LogP contribution is -1.98. The zero-order valence-corrected chi connectivity index (χ0v) is 12.8. The molecule has 0 fully saturated rings. The molecular formula is C14H12ClNO4S. The van der Waals surface area contributed by atoms with Gasteiger partial charge in [0.05, 0.1) is 10.7 Å². The molecule has 0 unspecified atom stereocenters. The van der Waals surface area contributed by atoms with Gasteiger partial charge in [0.15, 0.2) is 11.5 Å². The summed E-state index contributed by atoms with van der Waals surface area (Å²) >= 11 is 7.30. The summed E-state index contributed by atoms with van der Waals surface area (Å²) in [6.07, 6.45) is 1.47. The quantitative estimate of drug-likeness (QED) is 0.924. The SMILES string of the molecule is CCCc1nc(-c2cc(Cl)c3c(c2)OCO3)sc1C(=O)O. The number of aryl methyl sites for hydroxylation is 1. The second-order valence-electron chi connectivity index (χ2n) is 4.54. The van der Waals surface area contributed by atoms with Gasteiger partial charge in [-0.15, -0.1) is 11.3 Å². The molecule has 0 saturated carbocycles. The van der Waals surface area contributed by atoms with Crippen molar-refractivity contribution in [3.8, 4) is 22.1 Å². The Morgan fingerprint density at radius 2 is 2.29 bits per heavy atom. The first-order chi connectivity index (χ1) is 10.1. The third-order valence-electron chi connectivity index (χ3n) is 3.05. The van der Waals surface area contributed by atoms with E-state index in [0.29, 0.717) is 33.6 Å². The minimum Gasteiger partial charge on any atom is -0.477 e. The number of nitrogens with zero attached hydrogens (tertiary/aromatic N) is 1. The zero-order chi connectivity index (χ0) is 15.0. The number of rotatable bonds is 4. The molecule has 2 aromatic rings. The van der Waals surface area contributed by atoms with E-state index in [-0.39, 0.29) is 11.7 Å². The van der Waals surface area contributed by atoms with E-state index >= 15 is 0 Å². The fourth-order valence-corrected chi connectivity index (χ4v) is 3.34. The molecule has 0 saturated heterocycles. The highest BCUT2D eigenvalue weighted by Gasteiger charge is 2.22. The van der Waals surface area contributed by atoms with Gasteiger partial charge in [-0.2, -0.15) is 0 Å². The topological polar surface area (TPSA) is 68.7 Å². The first-order valence-corrected chi connectivity index (χ1v) is 7.62. The second-order valence-corrected chi connectivity index (χ2v) is 5.95. The third kappa shape index (κ3) is 2.56. The summed E-state index contributed by atoms with van der Waals surface area (Å²) in [6.45, 7) is 2.12. The van der Waals surface area contributed by atoms with E-state index in [4.69, 9.17) is 21.1 Å². The van der Waals surface area contributed by atoms with Crippen LogP contribution in [0.15, 0.2) is 12.1 Å². The fraction of sp³-hybridized carbons (Fsp3) is 0.286. The maximum atomic E-state index is 11.3. The molecule has 5 nitrogen and oxygen atoms in total. The second kappa shape index (κ2) is 5.54. The van der Waals surface area contributed by atoms with Crippen LogP contribution in [0.3, 0.4) is 0 Å². The Balaban J connectivity index is 2.06. The van der Waals surface area contributed by atoms with E-state index in [2.05, 4.69) is 4.98 Å². The number of aromatic nitrogens is 1. The average molecular weight is 326 g/mol. The van der Waals surface area contributed by atoms with Gasteiger partial charge in [0.25, 0.3) is 0 Å². The smallest absolute Gasteiger partial charge is 0.347 e. The molecular weight excluding hydrogens is 314 g/mol. The van der Waals surface area contributed by atoms with Gasteiger partial charge in [0.1, 0.15) is 9.88 Å². The van der Waals surface area contributed by atoms with Crippen LogP contribution >= 0.6 is 22.9 Å². The van der Waals surface area contributed by atoms with Gasteiger partial charge in [-0.3, -0.25) is 0 Å². The molecule has 0 atom stereocenters. The monoisotopic (exact) mass is 325 g/mol. The summed E-state index contributed by atoms with van der Waals surface area (Å²) in [5, 5.41) is 10.3. The average Bonchev–Trinajstić information content (AvgIpc) is 3.05. The van der Waals surface area contributed by atoms with Crippen molar-refractivity contribution >= 4 is 28.9 Å². The highest BCUT2D eigenvalue weighted by molar-refractivity contribution is 7.17. The molecule has 0 spiro atoms. The molecule has 0 radical (unpaired) electrons. The summed E-state index contributed by atoms with van der Waals surface area (Å²) in [5.74, 6) is 0.125. The number of thiazole rings is 1. The van der Waals surface area contributed by atoms with Crippen molar-refractivity contribution in [3.63, 3.8) is 0 Å². The van der Waals surface area contributed by atoms with E-state index in [9.17, 15) is 9.90 Å². The third-order valence-corrected chi connectivity index (χ3v) is 4.47. The summed E-state index contributed by atoms with van der Waals surface area (Å²) < 4.78 is 10.6. The molecule has 21 heavy (non-hydrogen) atoms. The number of halogens is 1. The van der Waals surface area contributed by atoms with Crippen LogP contribution in [0.25, 0.3) is 10.6 Å². The molecule has 0 amide bonds. The number of benzene rings is 1. The van der Waals surface area contributed by atoms with Gasteiger partial charge in [0.2, 0.25) is 6.79 Å². The predicted molar refractivity (Wildman–Crippen MR) is 79.6 cm³/mol. The number of aromatic carboxylic acids is 1. The van der Waals surface area contributed by atoms with Crippen LogP contribution in [0.2, 0.25) is 5.02 Å². The Morgan fingerprint density at radius 3 is 3.00 bits per heavy atom. The molecule has 7 heteroatoms. The molecule has 1 N–H and O–H groups in total. The van der Waals surface area contributed by atoms with E-state index in [0.717, 1.165) is 23.3 Å². The molecule has 1 aromatic carbocycles. The first kappa shape index (κ1) is 14.2. The predicted octanol–water partition coefficient (Wildman–Crippen LogP) is 3.84. The minimum atomic E-state index is -0.950. The first-order valence-electron chi connectivity index (χ1n) is 6.42. The van der Waals surface area contributed by atoms with Crippen molar-refractivity contribution in [2.45, 2.75) is 19.8 Å². The van der Waals surface area contributed by atoms with Crippen molar-refractivity contribution in [1.82, 2.24) is 4.98 Å². The maximum absolute atomic E-state index is 11.3. The summed E-state index contributed by atoms with van der Waals surface area (Å²) in [7, 11) is 0. The Morgan fingerprint density at radius 1 is 1.48 bits per heavy atom. The van der Waals surface area contributed by atoms with Gasteiger partial charge < -0.3 is 14.6 Å². The van der Waals surface area contributed by atoms with Gasteiger partial charge in [0, 0.05) is 5.56 Å². The molecule has 2 heterocycles. The van der Waals surface area contributed by atoms with E-state index in [1.54, 1.807) is 12.1 Å². The van der Waals surface area contributed by atoms with Crippen LogP contribution in [0, 0.1) is 0 Å². The Kier molecular flexibility index (Phi) is 3.73. The standard InChI is InChI=1S/C14H12ClNO4S/c1-2-3-9-12(14(17)18)21-13(16-9)7-4-8(15)11-10(5-7)19-6-20-11/h4-5H,2-3,6H2,1H3,(H,17,18). The number of ether oxygens (including phenoxy) is 2. The van der Waals surface area contributed by atoms with Gasteiger partial charge in [-0.05, 0) is 18.6 Å². The number of carbonyl (C=O) groups is 1. The van der Waals surface area contributed by atoms with Crippen LogP contribution in [-0.4, -0.2) is 22.9 Å². The zero-order valence-electron chi connectivity index (χ0n) is 11.2. The summed E-state index contributed by atoms with van der Waals surface area (Å²) in [5.41, 5.74) is 1.35. The van der Waals surface area contributed by atoms with Crippen molar-refractivity contribution < 1.29 is 19.4 Å². The number of fused-ring (bicyclic) bond motifs is 1. The van der Waals surface area contributed by atoms with E-state index < -0.39 is 5.97 Å². The maximum Gasteiger partial charge on any atom is 0.347 e. The molecule has 1 aromatic heterocycles.